The molecule has 110 valence electrons. The van der Waals surface area contributed by atoms with E-state index in [1.54, 1.807) is 14.2 Å². The van der Waals surface area contributed by atoms with Crippen LogP contribution in [0.15, 0.2) is 17.1 Å². The molecule has 4 heteroatoms. The van der Waals surface area contributed by atoms with Gasteiger partial charge in [0.05, 0.1) is 19.8 Å². The van der Waals surface area contributed by atoms with Gasteiger partial charge in [-0.2, -0.15) is 0 Å². The van der Waals surface area contributed by atoms with E-state index in [0.717, 1.165) is 36.5 Å². The van der Waals surface area contributed by atoms with Gasteiger partial charge in [0, 0.05) is 17.2 Å². The van der Waals surface area contributed by atoms with Crippen LogP contribution in [0.4, 0.5) is 0 Å². The molecule has 1 aliphatic heterocycles. The molecule has 0 radical (unpaired) electrons. The van der Waals surface area contributed by atoms with E-state index in [-0.39, 0.29) is 5.54 Å². The van der Waals surface area contributed by atoms with E-state index in [0.29, 0.717) is 5.88 Å². The lowest BCUT2D eigenvalue weighted by molar-refractivity contribution is 0.353. The molecule has 0 atom stereocenters. The van der Waals surface area contributed by atoms with Crippen LogP contribution in [0.3, 0.4) is 0 Å². The molecule has 1 heterocycles. The molecule has 0 unspecified atom stereocenters. The highest BCUT2D eigenvalue weighted by Gasteiger charge is 2.28. The number of methoxy groups -OCH3 is 2. The maximum Gasteiger partial charge on any atom is 0.161 e. The second kappa shape index (κ2) is 6.04. The SMILES string of the molecule is COc1cc2c(cc1OC)C(CCCCl)=NC(C)(C)C2. The van der Waals surface area contributed by atoms with Crippen molar-refractivity contribution in [3.63, 3.8) is 0 Å². The van der Waals surface area contributed by atoms with Crippen molar-refractivity contribution in [2.45, 2.75) is 38.6 Å². The molecule has 0 bridgehead atoms. The first-order chi connectivity index (χ1) is 9.50. The van der Waals surface area contributed by atoms with Crippen molar-refractivity contribution < 1.29 is 9.47 Å². The molecule has 0 fully saturated rings. The number of rotatable bonds is 5. The van der Waals surface area contributed by atoms with Crippen molar-refractivity contribution in [1.82, 2.24) is 0 Å². The van der Waals surface area contributed by atoms with Crippen molar-refractivity contribution in [2.24, 2.45) is 4.99 Å². The third-order valence-electron chi connectivity index (χ3n) is 3.53. The lowest BCUT2D eigenvalue weighted by Crippen LogP contribution is -2.29. The fourth-order valence-electron chi connectivity index (χ4n) is 2.69. The Balaban J connectivity index is 2.48. The first-order valence-corrected chi connectivity index (χ1v) is 7.44. The van der Waals surface area contributed by atoms with Crippen molar-refractivity contribution in [1.29, 1.82) is 0 Å². The molecule has 0 amide bonds. The Bertz CT molecular complexity index is 523. The van der Waals surface area contributed by atoms with Crippen LogP contribution in [-0.2, 0) is 6.42 Å². The van der Waals surface area contributed by atoms with Crippen LogP contribution in [0.25, 0.3) is 0 Å². The largest absolute Gasteiger partial charge is 0.493 e. The Labute approximate surface area is 126 Å². The molecule has 1 aromatic rings. The summed E-state index contributed by atoms with van der Waals surface area (Å²) in [5.41, 5.74) is 3.49. The first kappa shape index (κ1) is 15.2. The molecule has 0 aromatic heterocycles. The summed E-state index contributed by atoms with van der Waals surface area (Å²) in [4.78, 5) is 4.89. The third-order valence-corrected chi connectivity index (χ3v) is 3.80. The van der Waals surface area contributed by atoms with Gasteiger partial charge in [-0.15, -0.1) is 11.6 Å². The zero-order valence-electron chi connectivity index (χ0n) is 12.6. The zero-order valence-corrected chi connectivity index (χ0v) is 13.4. The maximum atomic E-state index is 5.83. The number of alkyl halides is 1. The first-order valence-electron chi connectivity index (χ1n) is 6.90. The van der Waals surface area contributed by atoms with E-state index in [9.17, 15) is 0 Å². The van der Waals surface area contributed by atoms with Crippen molar-refractivity contribution in [3.05, 3.63) is 23.3 Å². The molecule has 3 nitrogen and oxygen atoms in total. The maximum absolute atomic E-state index is 5.83. The lowest BCUT2D eigenvalue weighted by atomic mass is 9.85. The van der Waals surface area contributed by atoms with Gasteiger partial charge in [0.1, 0.15) is 0 Å². The summed E-state index contributed by atoms with van der Waals surface area (Å²) in [6.45, 7) is 4.32. The van der Waals surface area contributed by atoms with Gasteiger partial charge in [-0.05, 0) is 50.8 Å². The Morgan fingerprint density at radius 3 is 2.45 bits per heavy atom. The standard InChI is InChI=1S/C16H22ClNO2/c1-16(2)10-11-8-14(19-3)15(20-4)9-12(11)13(18-16)6-5-7-17/h8-9H,5-7,10H2,1-4H3. The average molecular weight is 296 g/mol. The molecular weight excluding hydrogens is 274 g/mol. The van der Waals surface area contributed by atoms with E-state index >= 15 is 0 Å². The minimum Gasteiger partial charge on any atom is -0.493 e. The van der Waals surface area contributed by atoms with Gasteiger partial charge in [0.25, 0.3) is 0 Å². The Kier molecular flexibility index (Phi) is 4.59. The highest BCUT2D eigenvalue weighted by Crippen LogP contribution is 2.36. The number of ether oxygens (including phenoxy) is 2. The van der Waals surface area contributed by atoms with Crippen LogP contribution in [-0.4, -0.2) is 31.4 Å². The minimum atomic E-state index is -0.0752. The van der Waals surface area contributed by atoms with E-state index in [1.165, 1.54) is 11.1 Å². The predicted molar refractivity (Wildman–Crippen MR) is 83.8 cm³/mol. The Morgan fingerprint density at radius 1 is 1.20 bits per heavy atom. The van der Waals surface area contributed by atoms with E-state index in [1.807, 2.05) is 6.07 Å². The predicted octanol–water partition coefficient (Wildman–Crippen LogP) is 3.85. The zero-order chi connectivity index (χ0) is 14.8. The smallest absolute Gasteiger partial charge is 0.161 e. The normalized spacial score (nSPS) is 16.4. The molecular formula is C16H22ClNO2. The molecule has 1 aliphatic rings. The van der Waals surface area contributed by atoms with Gasteiger partial charge in [-0.25, -0.2) is 0 Å². The summed E-state index contributed by atoms with van der Waals surface area (Å²) < 4.78 is 10.8. The highest BCUT2D eigenvalue weighted by molar-refractivity contribution is 6.18. The van der Waals surface area contributed by atoms with Gasteiger partial charge >= 0.3 is 0 Å². The van der Waals surface area contributed by atoms with E-state index in [4.69, 9.17) is 26.1 Å². The summed E-state index contributed by atoms with van der Waals surface area (Å²) in [5.74, 6) is 2.19. The molecule has 0 saturated carbocycles. The monoisotopic (exact) mass is 295 g/mol. The highest BCUT2D eigenvalue weighted by atomic mass is 35.5. The summed E-state index contributed by atoms with van der Waals surface area (Å²) in [6.07, 6.45) is 2.74. The van der Waals surface area contributed by atoms with Gasteiger partial charge in [0.2, 0.25) is 0 Å². The molecule has 2 rings (SSSR count). The Hall–Kier alpha value is -1.22. The summed E-state index contributed by atoms with van der Waals surface area (Å²) in [6, 6.07) is 4.11. The number of halogens is 1. The van der Waals surface area contributed by atoms with E-state index in [2.05, 4.69) is 19.9 Å². The van der Waals surface area contributed by atoms with Crippen LogP contribution in [0.2, 0.25) is 0 Å². The van der Waals surface area contributed by atoms with Gasteiger partial charge in [-0.3, -0.25) is 4.99 Å². The number of benzene rings is 1. The number of aliphatic imine (C=N–C) groups is 1. The number of fused-ring (bicyclic) bond motifs is 1. The van der Waals surface area contributed by atoms with Crippen molar-refractivity contribution >= 4 is 17.3 Å². The second-order valence-corrected chi connectivity index (χ2v) is 6.08. The molecule has 0 spiro atoms. The van der Waals surface area contributed by atoms with Crippen LogP contribution < -0.4 is 9.47 Å². The molecule has 0 N–H and O–H groups in total. The summed E-state index contributed by atoms with van der Waals surface area (Å²) in [7, 11) is 3.33. The number of hydrogen-bond donors (Lipinski definition) is 0. The third kappa shape index (κ3) is 3.09. The molecule has 1 aromatic carbocycles. The Morgan fingerprint density at radius 2 is 1.85 bits per heavy atom. The molecule has 0 aliphatic carbocycles. The fourth-order valence-corrected chi connectivity index (χ4v) is 2.83. The van der Waals surface area contributed by atoms with Crippen molar-refractivity contribution in [3.8, 4) is 11.5 Å². The van der Waals surface area contributed by atoms with E-state index < -0.39 is 0 Å². The number of hydrogen-bond acceptors (Lipinski definition) is 3. The number of nitrogens with zero attached hydrogens (tertiary/aromatic N) is 1. The van der Waals surface area contributed by atoms with Gasteiger partial charge < -0.3 is 9.47 Å². The van der Waals surface area contributed by atoms with Crippen molar-refractivity contribution in [2.75, 3.05) is 20.1 Å². The summed E-state index contributed by atoms with van der Waals surface area (Å²) in [5, 5.41) is 0. The second-order valence-electron chi connectivity index (χ2n) is 5.70. The van der Waals surface area contributed by atoms with Crippen LogP contribution in [0, 0.1) is 0 Å². The topological polar surface area (TPSA) is 30.8 Å². The van der Waals surface area contributed by atoms with Gasteiger partial charge in [0.15, 0.2) is 11.5 Å². The fraction of sp³-hybridized carbons (Fsp3) is 0.562. The quantitative estimate of drug-likeness (QED) is 0.773. The van der Waals surface area contributed by atoms with Gasteiger partial charge in [-0.1, -0.05) is 0 Å². The van der Waals surface area contributed by atoms with Crippen LogP contribution in [0.1, 0.15) is 37.8 Å². The molecule has 0 saturated heterocycles. The summed E-state index contributed by atoms with van der Waals surface area (Å²) >= 11 is 5.83. The lowest BCUT2D eigenvalue weighted by Gasteiger charge is -2.30. The van der Waals surface area contributed by atoms with Crippen LogP contribution in [0.5, 0.6) is 11.5 Å². The van der Waals surface area contributed by atoms with Crippen LogP contribution >= 0.6 is 11.6 Å². The molecule has 20 heavy (non-hydrogen) atoms. The average Bonchev–Trinajstić information content (AvgIpc) is 2.42. The minimum absolute atomic E-state index is 0.0752.